The quantitative estimate of drug-likeness (QED) is 0.129. The van der Waals surface area contributed by atoms with Crippen molar-refractivity contribution >= 4 is 74.3 Å². The molecule has 0 fully saturated rings. The lowest BCUT2D eigenvalue weighted by atomic mass is 9.93. The van der Waals surface area contributed by atoms with Gasteiger partial charge in [-0.05, 0) is 87.0 Å². The third-order valence-corrected chi connectivity index (χ3v) is 9.62. The molecule has 1 aromatic heterocycles. The van der Waals surface area contributed by atoms with Crippen LogP contribution in [0.2, 0.25) is 0 Å². The Kier molecular flexibility index (Phi) is 9.43. The van der Waals surface area contributed by atoms with Crippen LogP contribution in [0.3, 0.4) is 0 Å². The van der Waals surface area contributed by atoms with Gasteiger partial charge in [-0.3, -0.25) is 9.36 Å². The Morgan fingerprint density at radius 3 is 2.18 bits per heavy atom. The number of fused-ring (bicyclic) bond motifs is 1. The highest BCUT2D eigenvalue weighted by molar-refractivity contribution is 14.1. The third kappa shape index (κ3) is 6.31. The van der Waals surface area contributed by atoms with Gasteiger partial charge in [0.25, 0.3) is 5.56 Å². The molecule has 44 heavy (non-hydrogen) atoms. The van der Waals surface area contributed by atoms with Crippen LogP contribution < -0.4 is 19.6 Å². The number of nitrogens with zero attached hydrogens (tertiary/aromatic N) is 2. The van der Waals surface area contributed by atoms with Crippen LogP contribution >= 0.6 is 56.5 Å². The Labute approximate surface area is 285 Å². The largest absolute Gasteiger partial charge is 0.487 e. The van der Waals surface area contributed by atoms with Crippen LogP contribution in [0.4, 0.5) is 0 Å². The fraction of sp³-hybridized carbons (Fsp3) is 0.114. The maximum atomic E-state index is 14.1. The molecule has 9 heteroatoms. The molecule has 6 rings (SSSR count). The molecule has 0 unspecified atom stereocenters. The Balaban J connectivity index is 1.48. The molecule has 0 radical (unpaired) electrons. The molecule has 0 saturated heterocycles. The van der Waals surface area contributed by atoms with Gasteiger partial charge in [0.15, 0.2) is 4.80 Å². The third-order valence-electron chi connectivity index (χ3n) is 7.03. The molecule has 1 aliphatic heterocycles. The van der Waals surface area contributed by atoms with E-state index in [9.17, 15) is 9.59 Å². The second-order valence-electron chi connectivity index (χ2n) is 9.93. The summed E-state index contributed by atoms with van der Waals surface area (Å²) >= 11 is 5.86. The molecule has 6 nitrogen and oxygen atoms in total. The first-order chi connectivity index (χ1) is 21.4. The number of benzene rings is 4. The minimum absolute atomic E-state index is 0.207. The van der Waals surface area contributed by atoms with Crippen LogP contribution in [0, 0.1) is 7.14 Å². The summed E-state index contributed by atoms with van der Waals surface area (Å²) in [7, 11) is 0. The maximum Gasteiger partial charge on any atom is 0.338 e. The topological polar surface area (TPSA) is 69.9 Å². The predicted octanol–water partition coefficient (Wildman–Crippen LogP) is 6.72. The molecule has 0 amide bonds. The van der Waals surface area contributed by atoms with E-state index in [0.29, 0.717) is 27.2 Å². The lowest BCUT2D eigenvalue weighted by Gasteiger charge is -2.25. The van der Waals surface area contributed by atoms with Gasteiger partial charge in [-0.1, -0.05) is 102 Å². The van der Waals surface area contributed by atoms with Crippen molar-refractivity contribution in [1.29, 1.82) is 0 Å². The van der Waals surface area contributed by atoms with Crippen molar-refractivity contribution in [2.45, 2.75) is 19.6 Å². The highest BCUT2D eigenvalue weighted by atomic mass is 127. The molecule has 220 valence electrons. The number of rotatable bonds is 8. The SMILES string of the molecule is CCOC(=O)C1=C(c2ccccc2)N=c2s/c(=C\c3cc(I)c(OCc4ccccc4)c(I)c3)c(=O)n2[C@H]1c1ccccc1. The first kappa shape index (κ1) is 30.5. The molecular formula is C35H26I2N2O4S. The van der Waals surface area contributed by atoms with Gasteiger partial charge in [-0.25, -0.2) is 9.79 Å². The summed E-state index contributed by atoms with van der Waals surface area (Å²) in [5.41, 5.74) is 4.18. The summed E-state index contributed by atoms with van der Waals surface area (Å²) in [5, 5.41) is 0. The van der Waals surface area contributed by atoms with E-state index in [4.69, 9.17) is 14.5 Å². The van der Waals surface area contributed by atoms with Gasteiger partial charge < -0.3 is 9.47 Å². The molecule has 1 aliphatic rings. The van der Waals surface area contributed by atoms with E-state index < -0.39 is 12.0 Å². The van der Waals surface area contributed by atoms with Crippen molar-refractivity contribution in [2.75, 3.05) is 6.61 Å². The van der Waals surface area contributed by atoms with Crippen LogP contribution in [-0.2, 0) is 16.1 Å². The minimum Gasteiger partial charge on any atom is -0.487 e. The number of halogens is 2. The lowest BCUT2D eigenvalue weighted by Crippen LogP contribution is -2.40. The molecule has 4 aromatic carbocycles. The Hall–Kier alpha value is -3.55. The number of thiazole rings is 1. The number of hydrogen-bond acceptors (Lipinski definition) is 6. The van der Waals surface area contributed by atoms with E-state index in [1.54, 1.807) is 11.5 Å². The van der Waals surface area contributed by atoms with Crippen molar-refractivity contribution in [3.05, 3.63) is 158 Å². The molecule has 2 heterocycles. The number of carbonyl (C=O) groups excluding carboxylic acids is 1. The van der Waals surface area contributed by atoms with Gasteiger partial charge in [0.2, 0.25) is 0 Å². The van der Waals surface area contributed by atoms with Gasteiger partial charge in [0.1, 0.15) is 12.4 Å². The smallest absolute Gasteiger partial charge is 0.338 e. The molecule has 5 aromatic rings. The van der Waals surface area contributed by atoms with Crippen LogP contribution in [0.25, 0.3) is 11.8 Å². The first-order valence-electron chi connectivity index (χ1n) is 13.9. The first-order valence-corrected chi connectivity index (χ1v) is 16.9. The van der Waals surface area contributed by atoms with E-state index in [0.717, 1.165) is 35.1 Å². The van der Waals surface area contributed by atoms with Crippen LogP contribution in [0.5, 0.6) is 5.75 Å². The summed E-state index contributed by atoms with van der Waals surface area (Å²) in [4.78, 5) is 33.1. The molecule has 0 bridgehead atoms. The molecule has 0 N–H and O–H groups in total. The van der Waals surface area contributed by atoms with Crippen molar-refractivity contribution in [1.82, 2.24) is 4.57 Å². The van der Waals surface area contributed by atoms with Crippen LogP contribution in [0.15, 0.2) is 118 Å². The summed E-state index contributed by atoms with van der Waals surface area (Å²) < 4.78 is 15.7. The second-order valence-corrected chi connectivity index (χ2v) is 13.3. The van der Waals surface area contributed by atoms with Crippen molar-refractivity contribution in [3.8, 4) is 5.75 Å². The van der Waals surface area contributed by atoms with E-state index >= 15 is 0 Å². The average molecular weight is 824 g/mol. The molecule has 0 spiro atoms. The standard InChI is InChI=1S/C35H26I2N2O4S/c1-2-42-34(41)29-30(24-14-8-4-9-15-24)38-35-39(31(29)25-16-10-5-11-17-25)33(40)28(44-35)20-23-18-26(36)32(27(37)19-23)43-21-22-12-6-3-7-13-22/h3-20,31H,2,21H2,1H3/b28-20-/t31-/m0/s1. The number of hydrogen-bond donors (Lipinski definition) is 0. The van der Waals surface area contributed by atoms with Gasteiger partial charge in [-0.15, -0.1) is 0 Å². The van der Waals surface area contributed by atoms with Gasteiger partial charge in [-0.2, -0.15) is 0 Å². The summed E-state index contributed by atoms with van der Waals surface area (Å²) in [6.45, 7) is 2.45. The fourth-order valence-electron chi connectivity index (χ4n) is 5.07. The lowest BCUT2D eigenvalue weighted by molar-refractivity contribution is -0.138. The number of carbonyl (C=O) groups is 1. The Morgan fingerprint density at radius 2 is 1.55 bits per heavy atom. The van der Waals surface area contributed by atoms with Gasteiger partial charge in [0, 0.05) is 5.56 Å². The minimum atomic E-state index is -0.696. The summed E-state index contributed by atoms with van der Waals surface area (Å²) in [5.74, 6) is 0.317. The zero-order valence-electron chi connectivity index (χ0n) is 23.6. The number of ether oxygens (including phenoxy) is 2. The van der Waals surface area contributed by atoms with Gasteiger partial charge in [0.05, 0.1) is 35.6 Å². The highest BCUT2D eigenvalue weighted by Gasteiger charge is 2.35. The zero-order valence-corrected chi connectivity index (χ0v) is 28.7. The van der Waals surface area contributed by atoms with Crippen LogP contribution in [0.1, 0.15) is 35.2 Å². The van der Waals surface area contributed by atoms with Crippen molar-refractivity contribution in [3.63, 3.8) is 0 Å². The van der Waals surface area contributed by atoms with Crippen molar-refractivity contribution < 1.29 is 14.3 Å². The summed E-state index contributed by atoms with van der Waals surface area (Å²) in [6, 6.07) is 32.5. The predicted molar refractivity (Wildman–Crippen MR) is 190 cm³/mol. The molecule has 0 saturated carbocycles. The molecule has 0 aliphatic carbocycles. The Bertz CT molecular complexity index is 2020. The number of esters is 1. The monoisotopic (exact) mass is 824 g/mol. The summed E-state index contributed by atoms with van der Waals surface area (Å²) in [6.07, 6.45) is 1.88. The van der Waals surface area contributed by atoms with E-state index in [2.05, 4.69) is 45.2 Å². The second kappa shape index (κ2) is 13.6. The molecular weight excluding hydrogens is 798 g/mol. The fourth-order valence-corrected chi connectivity index (χ4v) is 8.20. The van der Waals surface area contributed by atoms with E-state index in [-0.39, 0.29) is 12.2 Å². The highest BCUT2D eigenvalue weighted by Crippen LogP contribution is 2.35. The van der Waals surface area contributed by atoms with E-state index in [1.807, 2.05) is 109 Å². The average Bonchev–Trinajstić information content (AvgIpc) is 3.35. The normalized spacial score (nSPS) is 14.6. The maximum absolute atomic E-state index is 14.1. The van der Waals surface area contributed by atoms with Crippen molar-refractivity contribution in [2.24, 2.45) is 4.99 Å². The Morgan fingerprint density at radius 1 is 0.932 bits per heavy atom. The zero-order chi connectivity index (χ0) is 30.6. The molecule has 1 atom stereocenters. The van der Waals surface area contributed by atoms with E-state index in [1.165, 1.54) is 11.3 Å². The number of aromatic nitrogens is 1. The van der Waals surface area contributed by atoms with Crippen LogP contribution in [-0.4, -0.2) is 17.1 Å². The van der Waals surface area contributed by atoms with Gasteiger partial charge >= 0.3 is 5.97 Å².